The first-order chi connectivity index (χ1) is 16.3. The van der Waals surface area contributed by atoms with Gasteiger partial charge >= 0.3 is 5.97 Å². The normalized spacial score (nSPS) is 11.8. The minimum Gasteiger partial charge on any atom is -0.482 e. The first kappa shape index (κ1) is 26.0. The fraction of sp³-hybridized carbons (Fsp3) is 0.409. The summed E-state index contributed by atoms with van der Waals surface area (Å²) in [5.41, 5.74) is 1.49. The van der Waals surface area contributed by atoms with Crippen LogP contribution < -0.4 is 10.1 Å². The van der Waals surface area contributed by atoms with E-state index in [4.69, 9.17) is 21.1 Å². The van der Waals surface area contributed by atoms with Crippen molar-refractivity contribution in [2.45, 2.75) is 51.9 Å². The standard InChI is InChI=1S/C22H26ClN5O4S2/c1-5-28-20(14(4)32-17-8-7-15(23)9-13(17)3)26-27-22(28)34-12-18(29)25-21-24-16(11-33-21)10-19(30)31-6-2/h7-9,11,14H,5-6,10,12H2,1-4H3,(H,24,25,29). The smallest absolute Gasteiger partial charge is 0.311 e. The number of halogens is 1. The van der Waals surface area contributed by atoms with Gasteiger partial charge in [0.25, 0.3) is 0 Å². The fourth-order valence-electron chi connectivity index (χ4n) is 3.08. The minimum atomic E-state index is -0.347. The van der Waals surface area contributed by atoms with Crippen molar-refractivity contribution in [3.05, 3.63) is 45.7 Å². The predicted molar refractivity (Wildman–Crippen MR) is 133 cm³/mol. The molecule has 2 heterocycles. The van der Waals surface area contributed by atoms with Gasteiger partial charge in [-0.05, 0) is 51.5 Å². The zero-order chi connectivity index (χ0) is 24.7. The van der Waals surface area contributed by atoms with Crippen LogP contribution in [-0.4, -0.2) is 44.0 Å². The topological polar surface area (TPSA) is 108 Å². The number of aromatic nitrogens is 4. The molecule has 12 heteroatoms. The number of carbonyl (C=O) groups is 2. The van der Waals surface area contributed by atoms with Crippen LogP contribution in [0.5, 0.6) is 5.75 Å². The van der Waals surface area contributed by atoms with E-state index in [1.165, 1.54) is 23.1 Å². The number of anilines is 1. The third-order valence-corrected chi connectivity index (χ3v) is 6.64. The van der Waals surface area contributed by atoms with Gasteiger partial charge < -0.3 is 19.4 Å². The molecule has 0 radical (unpaired) electrons. The van der Waals surface area contributed by atoms with Crippen LogP contribution in [-0.2, 0) is 27.3 Å². The molecule has 1 unspecified atom stereocenters. The number of hydrogen-bond donors (Lipinski definition) is 1. The summed E-state index contributed by atoms with van der Waals surface area (Å²) < 4.78 is 12.9. The molecule has 3 rings (SSSR count). The Morgan fingerprint density at radius 1 is 1.29 bits per heavy atom. The molecule has 0 bridgehead atoms. The van der Waals surface area contributed by atoms with Crippen molar-refractivity contribution >= 4 is 51.7 Å². The monoisotopic (exact) mass is 523 g/mol. The number of amides is 1. The van der Waals surface area contributed by atoms with Gasteiger partial charge in [-0.3, -0.25) is 9.59 Å². The molecule has 9 nitrogen and oxygen atoms in total. The SMILES string of the molecule is CCOC(=O)Cc1csc(NC(=O)CSc2nnc(C(C)Oc3ccc(Cl)cc3C)n2CC)n1. The van der Waals surface area contributed by atoms with Crippen LogP contribution in [0.1, 0.15) is 44.0 Å². The van der Waals surface area contributed by atoms with Crippen LogP contribution >= 0.6 is 34.7 Å². The van der Waals surface area contributed by atoms with Gasteiger partial charge in [0.1, 0.15) is 5.75 Å². The second kappa shape index (κ2) is 12.2. The number of thioether (sulfide) groups is 1. The molecule has 0 saturated carbocycles. The maximum atomic E-state index is 12.4. The van der Waals surface area contributed by atoms with Crippen molar-refractivity contribution in [2.75, 3.05) is 17.7 Å². The molecule has 2 aromatic heterocycles. The molecule has 0 aliphatic carbocycles. The lowest BCUT2D eigenvalue weighted by molar-refractivity contribution is -0.142. The summed E-state index contributed by atoms with van der Waals surface area (Å²) in [6.45, 7) is 8.52. The third-order valence-electron chi connectivity index (χ3n) is 4.63. The van der Waals surface area contributed by atoms with E-state index in [0.29, 0.717) is 40.0 Å². The molecular formula is C22H26ClN5O4S2. The Morgan fingerprint density at radius 3 is 2.79 bits per heavy atom. The maximum Gasteiger partial charge on any atom is 0.311 e. The number of ether oxygens (including phenoxy) is 2. The lowest BCUT2D eigenvalue weighted by atomic mass is 10.2. The predicted octanol–water partition coefficient (Wildman–Crippen LogP) is 4.69. The van der Waals surface area contributed by atoms with Crippen molar-refractivity contribution in [1.82, 2.24) is 19.7 Å². The molecule has 0 spiro atoms. The van der Waals surface area contributed by atoms with Crippen LogP contribution in [0.25, 0.3) is 0 Å². The number of thiazole rings is 1. The Bertz CT molecular complexity index is 1150. The minimum absolute atomic E-state index is 0.0765. The van der Waals surface area contributed by atoms with Crippen LogP contribution in [0.2, 0.25) is 5.02 Å². The molecular weight excluding hydrogens is 498 g/mol. The fourth-order valence-corrected chi connectivity index (χ4v) is 4.85. The van der Waals surface area contributed by atoms with E-state index in [2.05, 4.69) is 20.5 Å². The lowest BCUT2D eigenvalue weighted by Crippen LogP contribution is -2.15. The molecule has 34 heavy (non-hydrogen) atoms. The van der Waals surface area contributed by atoms with E-state index in [1.807, 2.05) is 37.5 Å². The Morgan fingerprint density at radius 2 is 2.09 bits per heavy atom. The molecule has 3 aromatic rings. The highest BCUT2D eigenvalue weighted by atomic mass is 35.5. The van der Waals surface area contributed by atoms with Crippen molar-refractivity contribution in [3.63, 3.8) is 0 Å². The molecule has 1 N–H and O–H groups in total. The maximum absolute atomic E-state index is 12.4. The van der Waals surface area contributed by atoms with E-state index in [0.717, 1.165) is 11.3 Å². The number of nitrogens with one attached hydrogen (secondary N) is 1. The average Bonchev–Trinajstić information content (AvgIpc) is 3.40. The van der Waals surface area contributed by atoms with E-state index in [1.54, 1.807) is 18.4 Å². The highest BCUT2D eigenvalue weighted by Gasteiger charge is 2.20. The molecule has 1 aromatic carbocycles. The molecule has 1 amide bonds. The number of aryl methyl sites for hydroxylation is 1. The molecule has 182 valence electrons. The van der Waals surface area contributed by atoms with Gasteiger partial charge in [-0.15, -0.1) is 21.5 Å². The van der Waals surface area contributed by atoms with Crippen molar-refractivity contribution in [2.24, 2.45) is 0 Å². The Kier molecular flexibility index (Phi) is 9.31. The summed E-state index contributed by atoms with van der Waals surface area (Å²) in [5, 5.41) is 14.7. The van der Waals surface area contributed by atoms with Crippen LogP contribution in [0.4, 0.5) is 5.13 Å². The van der Waals surface area contributed by atoms with Gasteiger partial charge in [0.05, 0.1) is 24.5 Å². The highest BCUT2D eigenvalue weighted by Crippen LogP contribution is 2.28. The van der Waals surface area contributed by atoms with Gasteiger partial charge in [-0.1, -0.05) is 23.4 Å². The zero-order valence-electron chi connectivity index (χ0n) is 19.3. The second-order valence-electron chi connectivity index (χ2n) is 7.22. The van der Waals surface area contributed by atoms with Crippen LogP contribution in [0.15, 0.2) is 28.7 Å². The van der Waals surface area contributed by atoms with Gasteiger partial charge in [0.15, 0.2) is 22.2 Å². The van der Waals surface area contributed by atoms with E-state index in [9.17, 15) is 9.59 Å². The summed E-state index contributed by atoms with van der Waals surface area (Å²) >= 11 is 8.57. The van der Waals surface area contributed by atoms with Crippen molar-refractivity contribution < 1.29 is 19.1 Å². The number of carbonyl (C=O) groups excluding carboxylic acids is 2. The van der Waals surface area contributed by atoms with Gasteiger partial charge in [-0.2, -0.15) is 0 Å². The van der Waals surface area contributed by atoms with Crippen LogP contribution in [0, 0.1) is 6.92 Å². The van der Waals surface area contributed by atoms with E-state index in [-0.39, 0.29) is 30.2 Å². The number of rotatable bonds is 11. The highest BCUT2D eigenvalue weighted by molar-refractivity contribution is 7.99. The summed E-state index contributed by atoms with van der Waals surface area (Å²) in [6, 6.07) is 5.46. The lowest BCUT2D eigenvalue weighted by Gasteiger charge is -2.17. The van der Waals surface area contributed by atoms with Gasteiger partial charge in [-0.25, -0.2) is 4.98 Å². The van der Waals surface area contributed by atoms with E-state index < -0.39 is 0 Å². The molecule has 1 atom stereocenters. The van der Waals surface area contributed by atoms with E-state index >= 15 is 0 Å². The summed E-state index contributed by atoms with van der Waals surface area (Å²) in [6.07, 6.45) is -0.267. The van der Waals surface area contributed by atoms with Crippen molar-refractivity contribution in [3.8, 4) is 5.75 Å². The first-order valence-electron chi connectivity index (χ1n) is 10.7. The zero-order valence-corrected chi connectivity index (χ0v) is 21.7. The average molecular weight is 524 g/mol. The number of hydrogen-bond acceptors (Lipinski definition) is 9. The summed E-state index contributed by atoms with van der Waals surface area (Å²) in [7, 11) is 0. The number of benzene rings is 1. The Balaban J connectivity index is 1.57. The number of nitrogens with zero attached hydrogens (tertiary/aromatic N) is 4. The van der Waals surface area contributed by atoms with Crippen molar-refractivity contribution in [1.29, 1.82) is 0 Å². The van der Waals surface area contributed by atoms with Gasteiger partial charge in [0, 0.05) is 16.9 Å². The summed E-state index contributed by atoms with van der Waals surface area (Å²) in [4.78, 5) is 28.2. The molecule has 0 aliphatic rings. The Hall–Kier alpha value is -2.63. The first-order valence-corrected chi connectivity index (χ1v) is 12.9. The molecule has 0 saturated heterocycles. The van der Waals surface area contributed by atoms with Gasteiger partial charge in [0.2, 0.25) is 5.91 Å². The molecule has 0 aliphatic heterocycles. The second-order valence-corrected chi connectivity index (χ2v) is 9.45. The largest absolute Gasteiger partial charge is 0.482 e. The summed E-state index contributed by atoms with van der Waals surface area (Å²) in [5.74, 6) is 0.956. The van der Waals surface area contributed by atoms with Crippen LogP contribution in [0.3, 0.4) is 0 Å². The third kappa shape index (κ3) is 6.94. The molecule has 0 fully saturated rings. The Labute approximate surface area is 211 Å². The quantitative estimate of drug-likeness (QED) is 0.285. The number of esters is 1.